The smallest absolute Gasteiger partial charge is 0.318 e. The molecule has 62 heavy (non-hydrogen) atoms. The highest BCUT2D eigenvalue weighted by Crippen LogP contribution is 2.24. The number of amides is 4. The van der Waals surface area contributed by atoms with Crippen LogP contribution >= 0.6 is 0 Å². The molecule has 1 aromatic heterocycles. The highest BCUT2D eigenvalue weighted by molar-refractivity contribution is 5.96. The summed E-state index contributed by atoms with van der Waals surface area (Å²) in [6, 6.07) is 29.7. The molecule has 5 aromatic rings. The van der Waals surface area contributed by atoms with Gasteiger partial charge in [-0.05, 0) is 86.0 Å². The maximum Gasteiger partial charge on any atom is 0.318 e. The Morgan fingerprint density at radius 2 is 1.39 bits per heavy atom. The van der Waals surface area contributed by atoms with Crippen LogP contribution in [-0.2, 0) is 49.8 Å². The Kier molecular flexibility index (Phi) is 17.5. The van der Waals surface area contributed by atoms with Gasteiger partial charge in [-0.2, -0.15) is 0 Å². The quantitative estimate of drug-likeness (QED) is 0.0399. The molecule has 0 radical (unpaired) electrons. The number of carbonyl (C=O) groups excluding carboxylic acids is 6. The van der Waals surface area contributed by atoms with Crippen molar-refractivity contribution in [2.24, 2.45) is 23.3 Å². The fourth-order valence-electron chi connectivity index (χ4n) is 7.49. The van der Waals surface area contributed by atoms with Gasteiger partial charge in [-0.15, -0.1) is 0 Å². The summed E-state index contributed by atoms with van der Waals surface area (Å²) in [6.07, 6.45) is 4.42. The van der Waals surface area contributed by atoms with Crippen LogP contribution in [0.3, 0.4) is 0 Å². The molecule has 13 heteroatoms. The summed E-state index contributed by atoms with van der Waals surface area (Å²) in [5.41, 5.74) is 15.5. The van der Waals surface area contributed by atoms with E-state index in [9.17, 15) is 33.9 Å². The summed E-state index contributed by atoms with van der Waals surface area (Å²) in [4.78, 5) is 86.5. The van der Waals surface area contributed by atoms with E-state index in [2.05, 4.69) is 15.6 Å². The van der Waals surface area contributed by atoms with E-state index < -0.39 is 59.9 Å². The first kappa shape index (κ1) is 46.5. The van der Waals surface area contributed by atoms with E-state index in [1.807, 2.05) is 91.1 Å². The third-order valence-corrected chi connectivity index (χ3v) is 11.1. The van der Waals surface area contributed by atoms with Crippen molar-refractivity contribution in [2.45, 2.75) is 83.3 Å². The van der Waals surface area contributed by atoms with Gasteiger partial charge in [0.15, 0.2) is 11.6 Å². The lowest BCUT2D eigenvalue weighted by atomic mass is 9.91. The predicted octanol–water partition coefficient (Wildman–Crippen LogP) is 5.71. The number of fused-ring (bicyclic) bond motifs is 1. The molecule has 4 amide bonds. The Bertz CT molecular complexity index is 2260. The first-order chi connectivity index (χ1) is 29.9. The van der Waals surface area contributed by atoms with Crippen molar-refractivity contribution < 1.29 is 33.9 Å². The van der Waals surface area contributed by atoms with Crippen LogP contribution in [0.4, 0.5) is 4.79 Å². The normalized spacial score (nSPS) is 13.1. The van der Waals surface area contributed by atoms with Crippen molar-refractivity contribution in [1.29, 1.82) is 0 Å². The van der Waals surface area contributed by atoms with Gasteiger partial charge in [-0.1, -0.05) is 97.4 Å². The molecule has 0 unspecified atom stereocenters. The Labute approximate surface area is 362 Å². The number of nitrogens with one attached hydrogen (secondary N) is 3. The number of Topliss-reactive ketones (excluding diaryl/α,β-unsaturated/α-hetero) is 3. The minimum Gasteiger partial charge on any atom is -0.508 e. The van der Waals surface area contributed by atoms with Gasteiger partial charge in [0.05, 0.1) is 18.6 Å². The molecule has 13 nitrogen and oxygen atoms in total. The minimum atomic E-state index is -1.07. The van der Waals surface area contributed by atoms with Crippen LogP contribution < -0.4 is 22.1 Å². The van der Waals surface area contributed by atoms with Gasteiger partial charge in [0, 0.05) is 54.7 Å². The predicted molar refractivity (Wildman–Crippen MR) is 239 cm³/mol. The van der Waals surface area contributed by atoms with Crippen molar-refractivity contribution in [1.82, 2.24) is 20.5 Å². The van der Waals surface area contributed by atoms with Crippen molar-refractivity contribution in [2.75, 3.05) is 13.1 Å². The summed E-state index contributed by atoms with van der Waals surface area (Å²) in [5, 5.41) is 16.5. The fraction of sp³-hybridized carbons (Fsp3) is 0.347. The van der Waals surface area contributed by atoms with Crippen LogP contribution in [-0.4, -0.2) is 75.4 Å². The number of nitrogens with two attached hydrogens (primary N) is 2. The number of phenolic OH excluding ortho intramolecular Hbond substituents is 1. The Morgan fingerprint density at radius 1 is 0.726 bits per heavy atom. The van der Waals surface area contributed by atoms with Crippen LogP contribution in [0.2, 0.25) is 0 Å². The summed E-state index contributed by atoms with van der Waals surface area (Å²) in [7, 11) is 0. The summed E-state index contributed by atoms with van der Waals surface area (Å²) < 4.78 is 0. The molecule has 0 aliphatic carbocycles. The van der Waals surface area contributed by atoms with Crippen LogP contribution in [0.5, 0.6) is 5.75 Å². The maximum absolute atomic E-state index is 14.2. The van der Waals surface area contributed by atoms with Gasteiger partial charge < -0.3 is 37.1 Å². The second kappa shape index (κ2) is 23.4. The molecule has 8 N–H and O–H groups in total. The molecule has 0 bridgehead atoms. The number of rotatable bonds is 25. The molecule has 1 heterocycles. The van der Waals surface area contributed by atoms with E-state index in [1.165, 1.54) is 24.0 Å². The average molecular weight is 843 g/mol. The molecule has 5 rings (SSSR count). The molecule has 0 aliphatic heterocycles. The number of ketones is 3. The molecular formula is C49H58N6O7. The number of carbonyl (C=O) groups is 6. The molecule has 0 saturated heterocycles. The number of unbranched alkanes of at least 4 members (excludes halogenated alkanes) is 1. The summed E-state index contributed by atoms with van der Waals surface area (Å²) in [6.45, 7) is 1.44. The molecular weight excluding hydrogens is 785 g/mol. The highest BCUT2D eigenvalue weighted by Gasteiger charge is 2.31. The van der Waals surface area contributed by atoms with Crippen molar-refractivity contribution >= 4 is 46.1 Å². The standard InChI is InChI=1S/C49H58N6O7/c1-33(53-48(61)38(27-39-30-52-43-18-9-8-17-42(39)43)28-41(57)24-19-34-12-4-2-5-13-34)46(59)32-55(31-36-20-22-40(56)23-21-36)49(62)54-44(26-35-14-6-3-7-15-35)45(58)29-37(47(51)60)16-10-11-25-50/h2-9,12-15,17-18,20-23,30,33,37-38,44,52,56H,10-11,16,19,24-29,31-32,50H2,1H3,(H2,51,60)(H,53,61)(H,54,62)/t33-,37+,38-,44+/m0/s1. The lowest BCUT2D eigenvalue weighted by Crippen LogP contribution is -2.52. The number of primary amides is 1. The number of para-hydroxylation sites is 1. The number of phenols is 1. The number of hydrogen-bond donors (Lipinski definition) is 6. The molecule has 326 valence electrons. The van der Waals surface area contributed by atoms with E-state index in [4.69, 9.17) is 11.5 Å². The zero-order valence-corrected chi connectivity index (χ0v) is 35.3. The number of urea groups is 1. The highest BCUT2D eigenvalue weighted by atomic mass is 16.3. The molecule has 4 aromatic carbocycles. The van der Waals surface area contributed by atoms with E-state index in [0.29, 0.717) is 37.8 Å². The number of aromatic hydroxyl groups is 1. The second-order valence-electron chi connectivity index (χ2n) is 16.0. The topological polar surface area (TPSA) is 218 Å². The van der Waals surface area contributed by atoms with Gasteiger partial charge in [-0.25, -0.2) is 4.79 Å². The zero-order chi connectivity index (χ0) is 44.4. The Balaban J connectivity index is 1.33. The van der Waals surface area contributed by atoms with E-state index in [1.54, 1.807) is 12.1 Å². The fourth-order valence-corrected chi connectivity index (χ4v) is 7.49. The second-order valence-corrected chi connectivity index (χ2v) is 16.0. The van der Waals surface area contributed by atoms with Crippen molar-refractivity contribution in [3.8, 4) is 5.75 Å². The number of aromatic nitrogens is 1. The zero-order valence-electron chi connectivity index (χ0n) is 35.3. The van der Waals surface area contributed by atoms with Gasteiger partial charge >= 0.3 is 6.03 Å². The SMILES string of the molecule is C[C@H](NC(=O)[C@H](CC(=O)CCc1ccccc1)Cc1c[nH]c2ccccc12)C(=O)CN(Cc1ccc(O)cc1)C(=O)N[C@H](Cc1ccccc1)C(=O)C[C@@H](CCCCN)C(N)=O. The number of aromatic amines is 1. The Morgan fingerprint density at radius 3 is 2.06 bits per heavy atom. The van der Waals surface area contributed by atoms with Crippen LogP contribution in [0, 0.1) is 11.8 Å². The first-order valence-corrected chi connectivity index (χ1v) is 21.2. The molecule has 0 spiro atoms. The lowest BCUT2D eigenvalue weighted by Gasteiger charge is -2.28. The minimum absolute atomic E-state index is 0.0156. The van der Waals surface area contributed by atoms with Crippen molar-refractivity contribution in [3.05, 3.63) is 138 Å². The van der Waals surface area contributed by atoms with E-state index >= 15 is 0 Å². The third kappa shape index (κ3) is 14.3. The number of benzene rings is 4. The summed E-state index contributed by atoms with van der Waals surface area (Å²) in [5.74, 6) is -3.57. The van der Waals surface area contributed by atoms with Gasteiger partial charge in [0.25, 0.3) is 0 Å². The molecule has 4 atom stereocenters. The van der Waals surface area contributed by atoms with Crippen LogP contribution in [0.1, 0.15) is 67.7 Å². The largest absolute Gasteiger partial charge is 0.508 e. The molecule has 0 saturated carbocycles. The van der Waals surface area contributed by atoms with Crippen LogP contribution in [0.15, 0.2) is 115 Å². The number of nitrogens with zero attached hydrogens (tertiary/aromatic N) is 1. The third-order valence-electron chi connectivity index (χ3n) is 11.1. The molecule has 0 fully saturated rings. The lowest BCUT2D eigenvalue weighted by molar-refractivity contribution is -0.132. The van der Waals surface area contributed by atoms with E-state index in [0.717, 1.165) is 27.6 Å². The molecule has 0 aliphatic rings. The van der Waals surface area contributed by atoms with Gasteiger partial charge in [0.1, 0.15) is 11.5 Å². The number of aryl methyl sites for hydroxylation is 1. The van der Waals surface area contributed by atoms with Gasteiger partial charge in [0.2, 0.25) is 11.8 Å². The number of H-pyrrole nitrogens is 1. The first-order valence-electron chi connectivity index (χ1n) is 21.2. The van der Waals surface area contributed by atoms with Crippen LogP contribution in [0.25, 0.3) is 10.9 Å². The maximum atomic E-state index is 14.2. The monoisotopic (exact) mass is 842 g/mol. The Hall–Kier alpha value is -6.60. The van der Waals surface area contributed by atoms with Gasteiger partial charge in [-0.3, -0.25) is 24.0 Å². The average Bonchev–Trinajstić information content (AvgIpc) is 3.68. The van der Waals surface area contributed by atoms with E-state index in [-0.39, 0.29) is 50.2 Å². The summed E-state index contributed by atoms with van der Waals surface area (Å²) >= 11 is 0. The number of hydrogen-bond acceptors (Lipinski definition) is 8. The van der Waals surface area contributed by atoms with Crippen molar-refractivity contribution in [3.63, 3.8) is 0 Å².